The Balaban J connectivity index is 1.60. The van der Waals surface area contributed by atoms with Gasteiger partial charge in [-0.05, 0) is 49.0 Å². The number of aliphatic hydroxyl groups is 1. The van der Waals surface area contributed by atoms with Gasteiger partial charge in [0.2, 0.25) is 0 Å². The van der Waals surface area contributed by atoms with Crippen LogP contribution in [0.25, 0.3) is 0 Å². The van der Waals surface area contributed by atoms with Gasteiger partial charge in [0.05, 0.1) is 6.04 Å². The highest BCUT2D eigenvalue weighted by molar-refractivity contribution is 5.75. The van der Waals surface area contributed by atoms with E-state index < -0.39 is 0 Å². The van der Waals surface area contributed by atoms with Gasteiger partial charge in [-0.3, -0.25) is 0 Å². The molecule has 1 aliphatic heterocycles. The third-order valence-electron chi connectivity index (χ3n) is 5.73. The topological polar surface area (TPSA) is 52.6 Å². The summed E-state index contributed by atoms with van der Waals surface area (Å²) < 4.78 is 0. The van der Waals surface area contributed by atoms with E-state index in [1.165, 1.54) is 18.4 Å². The van der Waals surface area contributed by atoms with E-state index in [0.29, 0.717) is 5.92 Å². The van der Waals surface area contributed by atoms with E-state index in [1.54, 1.807) is 0 Å². The first-order chi connectivity index (χ1) is 11.2. The molecule has 1 aromatic carbocycles. The lowest BCUT2D eigenvalue weighted by Gasteiger charge is -2.40. The van der Waals surface area contributed by atoms with Gasteiger partial charge in [-0.1, -0.05) is 37.3 Å². The number of nitrogens with zero attached hydrogens (tertiary/aromatic N) is 1. The molecule has 2 N–H and O–H groups in total. The van der Waals surface area contributed by atoms with Gasteiger partial charge >= 0.3 is 6.03 Å². The van der Waals surface area contributed by atoms with Gasteiger partial charge in [0.25, 0.3) is 0 Å². The molecule has 4 nitrogen and oxygen atoms in total. The minimum Gasteiger partial charge on any atom is -0.396 e. The van der Waals surface area contributed by atoms with Crippen molar-refractivity contribution in [2.24, 2.45) is 11.3 Å². The van der Waals surface area contributed by atoms with Crippen LogP contribution in [-0.4, -0.2) is 35.7 Å². The Morgan fingerprint density at radius 2 is 1.96 bits per heavy atom. The van der Waals surface area contributed by atoms with Crippen molar-refractivity contribution >= 4 is 6.03 Å². The molecule has 126 valence electrons. The van der Waals surface area contributed by atoms with Crippen molar-refractivity contribution in [3.8, 4) is 0 Å². The van der Waals surface area contributed by atoms with Crippen LogP contribution in [0.4, 0.5) is 4.79 Å². The third-order valence-corrected chi connectivity index (χ3v) is 5.73. The number of carbonyl (C=O) groups excluding carboxylic acids is 1. The molecule has 2 amide bonds. The Morgan fingerprint density at radius 1 is 1.30 bits per heavy atom. The second-order valence-electron chi connectivity index (χ2n) is 7.17. The Kier molecular flexibility index (Phi) is 4.90. The molecule has 23 heavy (non-hydrogen) atoms. The fourth-order valence-corrected chi connectivity index (χ4v) is 3.60. The molecule has 1 aromatic rings. The number of likely N-dealkylation sites (tertiary alicyclic amines) is 1. The van der Waals surface area contributed by atoms with Gasteiger partial charge in [-0.2, -0.15) is 0 Å². The quantitative estimate of drug-likeness (QED) is 0.875. The van der Waals surface area contributed by atoms with Gasteiger partial charge in [-0.15, -0.1) is 0 Å². The standard InChI is InChI=1S/C19H28N2O2/c1-2-19(14-22)10-12-21(13-11-19)18(23)20-17(16-8-9-16)15-6-4-3-5-7-15/h3-7,16-17,22H,2,8-14H2,1H3,(H,20,23). The minimum absolute atomic E-state index is 0.0199. The van der Waals surface area contributed by atoms with E-state index in [1.807, 2.05) is 23.1 Å². The van der Waals surface area contributed by atoms with Crippen molar-refractivity contribution in [1.82, 2.24) is 10.2 Å². The maximum Gasteiger partial charge on any atom is 0.317 e. The largest absolute Gasteiger partial charge is 0.396 e. The number of aliphatic hydroxyl groups excluding tert-OH is 1. The summed E-state index contributed by atoms with van der Waals surface area (Å²) in [5.41, 5.74) is 1.23. The van der Waals surface area contributed by atoms with Crippen molar-refractivity contribution < 1.29 is 9.90 Å². The van der Waals surface area contributed by atoms with Crippen LogP contribution in [0.3, 0.4) is 0 Å². The second kappa shape index (κ2) is 6.91. The van der Waals surface area contributed by atoms with Crippen LogP contribution in [0, 0.1) is 11.3 Å². The molecule has 0 radical (unpaired) electrons. The molecule has 1 heterocycles. The highest BCUT2D eigenvalue weighted by atomic mass is 16.3. The van der Waals surface area contributed by atoms with Crippen molar-refractivity contribution in [3.05, 3.63) is 35.9 Å². The third kappa shape index (κ3) is 3.69. The maximum atomic E-state index is 12.7. The molecule has 3 rings (SSSR count). The zero-order valence-corrected chi connectivity index (χ0v) is 14.0. The Morgan fingerprint density at radius 3 is 2.48 bits per heavy atom. The zero-order valence-electron chi connectivity index (χ0n) is 14.0. The average molecular weight is 316 g/mol. The van der Waals surface area contributed by atoms with E-state index in [0.717, 1.165) is 32.4 Å². The summed E-state index contributed by atoms with van der Waals surface area (Å²) >= 11 is 0. The van der Waals surface area contributed by atoms with Crippen LogP contribution in [-0.2, 0) is 0 Å². The number of rotatable bonds is 5. The predicted molar refractivity (Wildman–Crippen MR) is 91.1 cm³/mol. The summed E-state index contributed by atoms with van der Waals surface area (Å²) in [5.74, 6) is 0.582. The van der Waals surface area contributed by atoms with Crippen molar-refractivity contribution in [1.29, 1.82) is 0 Å². The van der Waals surface area contributed by atoms with E-state index in [-0.39, 0.29) is 24.1 Å². The molecule has 1 aliphatic carbocycles. The summed E-state index contributed by atoms with van der Waals surface area (Å²) in [7, 11) is 0. The molecule has 1 saturated heterocycles. The van der Waals surface area contributed by atoms with Crippen LogP contribution >= 0.6 is 0 Å². The lowest BCUT2D eigenvalue weighted by molar-refractivity contribution is 0.0513. The normalized spacial score (nSPS) is 21.7. The number of hydrogen-bond donors (Lipinski definition) is 2. The smallest absolute Gasteiger partial charge is 0.317 e. The molecular weight excluding hydrogens is 288 g/mol. The zero-order chi connectivity index (χ0) is 16.3. The number of piperidine rings is 1. The number of urea groups is 1. The SMILES string of the molecule is CCC1(CO)CCN(C(=O)NC(c2ccccc2)C2CC2)CC1. The first kappa shape index (κ1) is 16.3. The number of carbonyl (C=O) groups is 1. The Labute approximate surface area is 138 Å². The number of benzene rings is 1. The van der Waals surface area contributed by atoms with Gasteiger partial charge in [0.15, 0.2) is 0 Å². The second-order valence-corrected chi connectivity index (χ2v) is 7.17. The Hall–Kier alpha value is -1.55. The first-order valence-electron chi connectivity index (χ1n) is 8.89. The lowest BCUT2D eigenvalue weighted by Crippen LogP contribution is -2.49. The van der Waals surface area contributed by atoms with E-state index in [4.69, 9.17) is 0 Å². The maximum absolute atomic E-state index is 12.7. The molecule has 1 saturated carbocycles. The molecule has 0 aromatic heterocycles. The summed E-state index contributed by atoms with van der Waals surface area (Å²) in [6.45, 7) is 3.84. The van der Waals surface area contributed by atoms with E-state index in [2.05, 4.69) is 24.4 Å². The molecule has 4 heteroatoms. The van der Waals surface area contributed by atoms with Crippen LogP contribution in [0.1, 0.15) is 50.6 Å². The Bertz CT molecular complexity index is 513. The van der Waals surface area contributed by atoms with Gasteiger partial charge in [-0.25, -0.2) is 4.79 Å². The summed E-state index contributed by atoms with van der Waals surface area (Å²) in [6, 6.07) is 10.5. The highest BCUT2D eigenvalue weighted by Gasteiger charge is 2.37. The molecule has 0 bridgehead atoms. The molecule has 2 fully saturated rings. The molecule has 0 spiro atoms. The van der Waals surface area contributed by atoms with Crippen molar-refractivity contribution in [2.75, 3.05) is 19.7 Å². The molecule has 2 aliphatic rings. The number of hydrogen-bond acceptors (Lipinski definition) is 2. The predicted octanol–water partition coefficient (Wildman–Crippen LogP) is 3.33. The van der Waals surface area contributed by atoms with Crippen molar-refractivity contribution in [3.63, 3.8) is 0 Å². The average Bonchev–Trinajstić information content (AvgIpc) is 3.45. The fraction of sp³-hybridized carbons (Fsp3) is 0.632. The first-order valence-corrected chi connectivity index (χ1v) is 8.89. The monoisotopic (exact) mass is 316 g/mol. The number of nitrogens with one attached hydrogen (secondary N) is 1. The summed E-state index contributed by atoms with van der Waals surface area (Å²) in [5, 5.41) is 12.9. The van der Waals surface area contributed by atoms with Crippen LogP contribution in [0.15, 0.2) is 30.3 Å². The van der Waals surface area contributed by atoms with E-state index >= 15 is 0 Å². The number of amides is 2. The van der Waals surface area contributed by atoms with Gasteiger partial charge in [0.1, 0.15) is 0 Å². The summed E-state index contributed by atoms with van der Waals surface area (Å²) in [4.78, 5) is 14.6. The molecular formula is C19H28N2O2. The minimum atomic E-state index is 0.0199. The van der Waals surface area contributed by atoms with Crippen LogP contribution < -0.4 is 5.32 Å². The molecule has 1 unspecified atom stereocenters. The van der Waals surface area contributed by atoms with Gasteiger partial charge < -0.3 is 15.3 Å². The fourth-order valence-electron chi connectivity index (χ4n) is 3.60. The van der Waals surface area contributed by atoms with E-state index in [9.17, 15) is 9.90 Å². The van der Waals surface area contributed by atoms with Crippen LogP contribution in [0.5, 0.6) is 0 Å². The highest BCUT2D eigenvalue weighted by Crippen LogP contribution is 2.41. The van der Waals surface area contributed by atoms with Gasteiger partial charge in [0, 0.05) is 19.7 Å². The summed E-state index contributed by atoms with van der Waals surface area (Å²) in [6.07, 6.45) is 5.17. The lowest BCUT2D eigenvalue weighted by atomic mass is 9.77. The molecule has 1 atom stereocenters. The van der Waals surface area contributed by atoms with Crippen LogP contribution in [0.2, 0.25) is 0 Å². The van der Waals surface area contributed by atoms with Crippen molar-refractivity contribution in [2.45, 2.75) is 45.1 Å².